The third-order valence-corrected chi connectivity index (χ3v) is 5.15. The average molecular weight is 371 g/mol. The van der Waals surface area contributed by atoms with Crippen LogP contribution in [-0.4, -0.2) is 31.1 Å². The Morgan fingerprint density at radius 1 is 0.964 bits per heavy atom. The van der Waals surface area contributed by atoms with E-state index in [4.69, 9.17) is 4.74 Å². The highest BCUT2D eigenvalue weighted by molar-refractivity contribution is 6.01. The minimum Gasteiger partial charge on any atom is -0.496 e. The van der Waals surface area contributed by atoms with Crippen molar-refractivity contribution in [2.24, 2.45) is 0 Å². The van der Waals surface area contributed by atoms with Crippen molar-refractivity contribution in [3.8, 4) is 11.8 Å². The first-order valence-electron chi connectivity index (χ1n) is 9.39. The topological polar surface area (TPSA) is 56.6 Å². The fourth-order valence-electron chi connectivity index (χ4n) is 3.79. The van der Waals surface area contributed by atoms with E-state index in [2.05, 4.69) is 6.07 Å². The highest BCUT2D eigenvalue weighted by atomic mass is 16.5. The smallest absolute Gasteiger partial charge is 0.276 e. The lowest BCUT2D eigenvalue weighted by molar-refractivity contribution is 0.0701. The van der Waals surface area contributed by atoms with Crippen LogP contribution in [0, 0.1) is 11.3 Å². The van der Waals surface area contributed by atoms with Gasteiger partial charge in [0, 0.05) is 23.9 Å². The third kappa shape index (κ3) is 3.03. The Bertz CT molecular complexity index is 1070. The van der Waals surface area contributed by atoms with Crippen LogP contribution in [0.2, 0.25) is 0 Å². The second-order valence-corrected chi connectivity index (χ2v) is 6.75. The van der Waals surface area contributed by atoms with Gasteiger partial charge in [0.1, 0.15) is 5.75 Å². The number of anilines is 1. The summed E-state index contributed by atoms with van der Waals surface area (Å²) in [5.74, 6) is 0.494. The monoisotopic (exact) mass is 371 g/mol. The van der Waals surface area contributed by atoms with E-state index in [1.54, 1.807) is 24.3 Å². The van der Waals surface area contributed by atoms with Gasteiger partial charge in [0.25, 0.3) is 5.91 Å². The number of methoxy groups -OCH3 is 1. The molecule has 5 heteroatoms. The number of carbonyl (C=O) groups is 1. The lowest BCUT2D eigenvalue weighted by Crippen LogP contribution is -2.50. The number of ether oxygens (including phenoxy) is 1. The molecule has 0 bridgehead atoms. The minimum atomic E-state index is -0.0782. The number of benzene rings is 3. The molecule has 1 saturated heterocycles. The van der Waals surface area contributed by atoms with Gasteiger partial charge >= 0.3 is 0 Å². The maximum absolute atomic E-state index is 13.4. The average Bonchev–Trinajstić information content (AvgIpc) is 2.77. The number of amides is 1. The molecule has 1 amide bonds. The fourth-order valence-corrected chi connectivity index (χ4v) is 3.79. The van der Waals surface area contributed by atoms with Crippen LogP contribution in [0.15, 0.2) is 60.7 Å². The zero-order valence-corrected chi connectivity index (χ0v) is 15.8. The largest absolute Gasteiger partial charge is 0.496 e. The van der Waals surface area contributed by atoms with Gasteiger partial charge < -0.3 is 4.74 Å². The van der Waals surface area contributed by atoms with Crippen LogP contribution < -0.4 is 9.75 Å². The molecular formula is C23H21N3O2. The molecule has 0 unspecified atom stereocenters. The molecule has 4 rings (SSSR count). The maximum atomic E-state index is 13.4. The van der Waals surface area contributed by atoms with E-state index in [9.17, 15) is 10.1 Å². The fraction of sp³-hybridized carbons (Fsp3) is 0.217. The van der Waals surface area contributed by atoms with Crippen LogP contribution in [0.4, 0.5) is 5.69 Å². The summed E-state index contributed by atoms with van der Waals surface area (Å²) >= 11 is 0. The molecule has 5 nitrogen and oxygen atoms in total. The molecule has 0 aromatic heterocycles. The molecule has 0 saturated carbocycles. The highest BCUT2D eigenvalue weighted by Gasteiger charge is 2.28. The standard InChI is InChI=1S/C23H21N3O2/c1-28-22-11-5-4-10-20(22)23(27)26-15-7-6-14-25(26)21-13-12-17(16-24)18-8-2-3-9-19(18)21/h2-5,8-13H,6-7,14-15H2,1H3. The van der Waals surface area contributed by atoms with Gasteiger partial charge in [0.15, 0.2) is 0 Å². The van der Waals surface area contributed by atoms with Crippen LogP contribution in [0.25, 0.3) is 10.8 Å². The van der Waals surface area contributed by atoms with Gasteiger partial charge in [-0.25, -0.2) is 5.01 Å². The van der Waals surface area contributed by atoms with Gasteiger partial charge in [0.2, 0.25) is 0 Å². The van der Waals surface area contributed by atoms with Crippen molar-refractivity contribution < 1.29 is 9.53 Å². The van der Waals surface area contributed by atoms with Crippen molar-refractivity contribution in [1.82, 2.24) is 5.01 Å². The van der Waals surface area contributed by atoms with Crippen LogP contribution in [0.1, 0.15) is 28.8 Å². The van der Waals surface area contributed by atoms with Gasteiger partial charge in [-0.05, 0) is 37.1 Å². The third-order valence-electron chi connectivity index (χ3n) is 5.15. The Balaban J connectivity index is 1.80. The first-order valence-corrected chi connectivity index (χ1v) is 9.39. The van der Waals surface area contributed by atoms with Crippen LogP contribution in [0.5, 0.6) is 5.75 Å². The van der Waals surface area contributed by atoms with Crippen molar-refractivity contribution in [2.75, 3.05) is 25.2 Å². The molecule has 0 atom stereocenters. The van der Waals surface area contributed by atoms with Crippen LogP contribution in [0.3, 0.4) is 0 Å². The second kappa shape index (κ2) is 7.61. The number of carbonyl (C=O) groups excluding carboxylic acids is 1. The summed E-state index contributed by atoms with van der Waals surface area (Å²) in [4.78, 5) is 13.4. The first kappa shape index (κ1) is 17.9. The SMILES string of the molecule is COc1ccccc1C(=O)N1CCCCN1c1ccc(C#N)c2ccccc12. The van der Waals surface area contributed by atoms with Crippen molar-refractivity contribution in [2.45, 2.75) is 12.8 Å². The lowest BCUT2D eigenvalue weighted by atomic mass is 10.0. The molecular weight excluding hydrogens is 350 g/mol. The van der Waals surface area contributed by atoms with Gasteiger partial charge in [-0.15, -0.1) is 0 Å². The highest BCUT2D eigenvalue weighted by Crippen LogP contribution is 2.33. The number of hydrazine groups is 1. The summed E-state index contributed by atoms with van der Waals surface area (Å²) in [7, 11) is 1.58. The van der Waals surface area contributed by atoms with Crippen molar-refractivity contribution >= 4 is 22.4 Å². The summed E-state index contributed by atoms with van der Waals surface area (Å²) in [5.41, 5.74) is 2.13. The molecule has 1 aliphatic rings. The first-order chi connectivity index (χ1) is 13.7. The second-order valence-electron chi connectivity index (χ2n) is 6.75. The zero-order valence-electron chi connectivity index (χ0n) is 15.8. The normalized spacial score (nSPS) is 14.0. The van der Waals surface area contributed by atoms with Crippen LogP contribution >= 0.6 is 0 Å². The summed E-state index contributed by atoms with van der Waals surface area (Å²) < 4.78 is 5.40. The number of rotatable bonds is 3. The zero-order chi connectivity index (χ0) is 19.5. The molecule has 140 valence electrons. The number of fused-ring (bicyclic) bond motifs is 1. The Hall–Kier alpha value is -3.52. The van der Waals surface area contributed by atoms with Crippen molar-refractivity contribution in [3.63, 3.8) is 0 Å². The number of hydrogen-bond acceptors (Lipinski definition) is 4. The molecule has 1 fully saturated rings. The minimum absolute atomic E-state index is 0.0782. The van der Waals surface area contributed by atoms with Crippen LogP contribution in [-0.2, 0) is 0 Å². The molecule has 0 N–H and O–H groups in total. The predicted molar refractivity (Wildman–Crippen MR) is 109 cm³/mol. The summed E-state index contributed by atoms with van der Waals surface area (Å²) in [5, 5.41) is 15.2. The van der Waals surface area contributed by atoms with E-state index >= 15 is 0 Å². The summed E-state index contributed by atoms with van der Waals surface area (Å²) in [6, 6.07) is 21.2. The van der Waals surface area contributed by atoms with Gasteiger partial charge in [-0.2, -0.15) is 5.26 Å². The van der Waals surface area contributed by atoms with E-state index < -0.39 is 0 Å². The van der Waals surface area contributed by atoms with E-state index in [0.29, 0.717) is 23.4 Å². The predicted octanol–water partition coefficient (Wildman–Crippen LogP) is 4.38. The quantitative estimate of drug-likeness (QED) is 0.686. The van der Waals surface area contributed by atoms with Gasteiger partial charge in [-0.3, -0.25) is 9.80 Å². The molecule has 0 spiro atoms. The Labute approximate surface area is 164 Å². The van der Waals surface area contributed by atoms with E-state index in [1.807, 2.05) is 53.5 Å². The number of para-hydroxylation sites is 1. The van der Waals surface area contributed by atoms with Crippen molar-refractivity contribution in [3.05, 3.63) is 71.8 Å². The Morgan fingerprint density at radius 3 is 2.46 bits per heavy atom. The van der Waals surface area contributed by atoms with Crippen molar-refractivity contribution in [1.29, 1.82) is 5.26 Å². The molecule has 28 heavy (non-hydrogen) atoms. The lowest BCUT2D eigenvalue weighted by Gasteiger charge is -2.41. The molecule has 3 aromatic rings. The molecule has 3 aromatic carbocycles. The summed E-state index contributed by atoms with van der Waals surface area (Å²) in [6.07, 6.45) is 1.95. The maximum Gasteiger partial charge on any atom is 0.276 e. The molecule has 0 radical (unpaired) electrons. The summed E-state index contributed by atoms with van der Waals surface area (Å²) in [6.45, 7) is 1.39. The van der Waals surface area contributed by atoms with E-state index in [1.165, 1.54) is 0 Å². The number of nitrogens with zero attached hydrogens (tertiary/aromatic N) is 3. The Kier molecular flexibility index (Phi) is 4.86. The van der Waals surface area contributed by atoms with Gasteiger partial charge in [0.05, 0.1) is 30.0 Å². The number of hydrogen-bond donors (Lipinski definition) is 0. The number of nitriles is 1. The molecule has 0 aliphatic carbocycles. The Morgan fingerprint density at radius 2 is 1.68 bits per heavy atom. The van der Waals surface area contributed by atoms with E-state index in [-0.39, 0.29) is 5.91 Å². The molecule has 1 aliphatic heterocycles. The van der Waals surface area contributed by atoms with Gasteiger partial charge in [-0.1, -0.05) is 36.4 Å². The van der Waals surface area contributed by atoms with E-state index in [0.717, 1.165) is 35.8 Å². The molecule has 1 heterocycles.